The first-order valence-electron chi connectivity index (χ1n) is 9.85. The number of anilines is 1. The number of carbonyl (C=O) groups excluding carboxylic acids is 2. The Hall–Kier alpha value is -3.78. The molecule has 0 saturated heterocycles. The van der Waals surface area contributed by atoms with E-state index in [-0.39, 0.29) is 28.1 Å². The van der Waals surface area contributed by atoms with Crippen LogP contribution in [0.1, 0.15) is 27.6 Å². The Morgan fingerprint density at radius 2 is 1.91 bits per heavy atom. The van der Waals surface area contributed by atoms with Gasteiger partial charge in [0.1, 0.15) is 21.9 Å². The van der Waals surface area contributed by atoms with Crippen molar-refractivity contribution in [3.05, 3.63) is 87.3 Å². The van der Waals surface area contributed by atoms with Crippen molar-refractivity contribution in [1.82, 2.24) is 4.57 Å². The summed E-state index contributed by atoms with van der Waals surface area (Å²) in [6.45, 7) is 1.87. The van der Waals surface area contributed by atoms with Crippen molar-refractivity contribution in [3.63, 3.8) is 0 Å². The molecule has 8 heteroatoms. The van der Waals surface area contributed by atoms with Crippen LogP contribution in [0.25, 0.3) is 22.0 Å². The average molecular weight is 450 g/mol. The number of aryl methyl sites for hydroxylation is 1. The lowest BCUT2D eigenvalue weighted by Gasteiger charge is -2.11. The van der Waals surface area contributed by atoms with Crippen LogP contribution in [0.5, 0.6) is 0 Å². The molecule has 0 saturated carbocycles. The van der Waals surface area contributed by atoms with Gasteiger partial charge in [-0.2, -0.15) is 0 Å². The quantitative estimate of drug-likeness (QED) is 0.442. The maximum Gasteiger partial charge on any atom is 0.341 e. The zero-order chi connectivity index (χ0) is 22.8. The summed E-state index contributed by atoms with van der Waals surface area (Å²) >= 11 is 1.16. The van der Waals surface area contributed by atoms with E-state index in [0.29, 0.717) is 11.1 Å². The van der Waals surface area contributed by atoms with E-state index in [4.69, 9.17) is 4.74 Å². The molecular formula is C24H19FN2O4S. The van der Waals surface area contributed by atoms with Crippen molar-refractivity contribution >= 4 is 39.1 Å². The number of benzene rings is 2. The fourth-order valence-electron chi connectivity index (χ4n) is 3.48. The van der Waals surface area contributed by atoms with Crippen LogP contribution in [0.15, 0.2) is 64.9 Å². The van der Waals surface area contributed by atoms with Gasteiger partial charge in [0.25, 0.3) is 5.91 Å². The van der Waals surface area contributed by atoms with E-state index in [1.165, 1.54) is 18.3 Å². The van der Waals surface area contributed by atoms with Crippen LogP contribution >= 0.6 is 11.3 Å². The van der Waals surface area contributed by atoms with Gasteiger partial charge in [-0.15, -0.1) is 11.3 Å². The first kappa shape index (κ1) is 21.5. The summed E-state index contributed by atoms with van der Waals surface area (Å²) in [6, 6.07) is 13.1. The third kappa shape index (κ3) is 3.92. The van der Waals surface area contributed by atoms with Crippen LogP contribution in [-0.2, 0) is 11.8 Å². The zero-order valence-electron chi connectivity index (χ0n) is 17.3. The molecule has 0 fully saturated rings. The summed E-state index contributed by atoms with van der Waals surface area (Å²) < 4.78 is 20.5. The standard InChI is InChI=1S/C24H19FN2O4S/c1-3-31-24(30)20-18(14-7-5-4-6-8-14)13-32-23(20)26-22(29)17-12-27(2)19-10-9-15(25)11-16(19)21(17)28/h4-13H,3H2,1-2H3,(H,26,29). The Labute approximate surface area is 186 Å². The molecule has 0 aliphatic rings. The fraction of sp³-hybridized carbons (Fsp3) is 0.125. The number of ether oxygens (including phenoxy) is 1. The second-order valence-corrected chi connectivity index (χ2v) is 7.92. The van der Waals surface area contributed by atoms with Crippen LogP contribution in [0.2, 0.25) is 0 Å². The molecule has 0 atom stereocenters. The number of thiophene rings is 1. The predicted octanol–water partition coefficient (Wildman–Crippen LogP) is 4.84. The molecule has 0 aliphatic carbocycles. The van der Waals surface area contributed by atoms with Gasteiger partial charge in [0.05, 0.1) is 12.1 Å². The van der Waals surface area contributed by atoms with Crippen molar-refractivity contribution in [2.45, 2.75) is 6.92 Å². The maximum atomic E-state index is 13.7. The molecule has 0 bridgehead atoms. The number of hydrogen-bond acceptors (Lipinski definition) is 5. The summed E-state index contributed by atoms with van der Waals surface area (Å²) in [7, 11) is 1.67. The molecule has 0 radical (unpaired) electrons. The summed E-state index contributed by atoms with van der Waals surface area (Å²) in [5, 5.41) is 4.80. The number of carbonyl (C=O) groups is 2. The fourth-order valence-corrected chi connectivity index (χ4v) is 4.44. The average Bonchev–Trinajstić information content (AvgIpc) is 3.20. The molecule has 6 nitrogen and oxygen atoms in total. The van der Waals surface area contributed by atoms with Crippen molar-refractivity contribution < 1.29 is 18.7 Å². The number of aromatic nitrogens is 1. The number of rotatable bonds is 5. The van der Waals surface area contributed by atoms with Crippen LogP contribution in [-0.4, -0.2) is 23.1 Å². The number of halogens is 1. The van der Waals surface area contributed by atoms with Crippen molar-refractivity contribution in [2.75, 3.05) is 11.9 Å². The van der Waals surface area contributed by atoms with Gasteiger partial charge in [0, 0.05) is 29.6 Å². The number of esters is 1. The molecule has 162 valence electrons. The third-order valence-corrected chi connectivity index (χ3v) is 5.87. The second kappa shape index (κ2) is 8.76. The SMILES string of the molecule is CCOC(=O)c1c(-c2ccccc2)csc1NC(=O)c1cn(C)c2ccc(F)cc2c1=O. The van der Waals surface area contributed by atoms with Crippen molar-refractivity contribution in [3.8, 4) is 11.1 Å². The highest BCUT2D eigenvalue weighted by Gasteiger charge is 2.24. The number of nitrogens with zero attached hydrogens (tertiary/aromatic N) is 1. The summed E-state index contributed by atoms with van der Waals surface area (Å²) in [5.74, 6) is -1.83. The van der Waals surface area contributed by atoms with Gasteiger partial charge in [-0.25, -0.2) is 9.18 Å². The maximum absolute atomic E-state index is 13.7. The third-order valence-electron chi connectivity index (χ3n) is 4.98. The molecule has 2 aromatic heterocycles. The number of amides is 1. The van der Waals surface area contributed by atoms with E-state index >= 15 is 0 Å². The topological polar surface area (TPSA) is 77.4 Å². The zero-order valence-corrected chi connectivity index (χ0v) is 18.2. The molecule has 4 aromatic rings. The molecule has 2 aromatic carbocycles. The minimum Gasteiger partial charge on any atom is -0.462 e. The van der Waals surface area contributed by atoms with Gasteiger partial charge in [-0.05, 0) is 30.7 Å². The summed E-state index contributed by atoms with van der Waals surface area (Å²) in [6.07, 6.45) is 1.40. The molecule has 1 N–H and O–H groups in total. The van der Waals surface area contributed by atoms with Crippen LogP contribution in [0.3, 0.4) is 0 Å². The minimum atomic E-state index is -0.691. The van der Waals surface area contributed by atoms with Crippen molar-refractivity contribution in [2.24, 2.45) is 7.05 Å². The molecular weight excluding hydrogens is 431 g/mol. The molecule has 0 aliphatic heterocycles. The smallest absolute Gasteiger partial charge is 0.341 e. The largest absolute Gasteiger partial charge is 0.462 e. The monoisotopic (exact) mass is 450 g/mol. The number of fused-ring (bicyclic) bond motifs is 1. The first-order chi connectivity index (χ1) is 15.4. The van der Waals surface area contributed by atoms with Gasteiger partial charge in [-0.1, -0.05) is 30.3 Å². The van der Waals surface area contributed by atoms with Gasteiger partial charge >= 0.3 is 5.97 Å². The van der Waals surface area contributed by atoms with Gasteiger partial charge in [0.15, 0.2) is 0 Å². The van der Waals surface area contributed by atoms with Gasteiger partial charge < -0.3 is 14.6 Å². The second-order valence-electron chi connectivity index (χ2n) is 7.04. The van der Waals surface area contributed by atoms with Gasteiger partial charge in [0.2, 0.25) is 5.43 Å². The van der Waals surface area contributed by atoms with E-state index in [2.05, 4.69) is 5.32 Å². The number of nitrogens with one attached hydrogen (secondary N) is 1. The van der Waals surface area contributed by atoms with E-state index in [0.717, 1.165) is 23.0 Å². The Balaban J connectivity index is 1.77. The Bertz CT molecular complexity index is 1390. The molecule has 1 amide bonds. The van der Waals surface area contributed by atoms with E-state index in [9.17, 15) is 18.8 Å². The van der Waals surface area contributed by atoms with E-state index < -0.39 is 23.1 Å². The lowest BCUT2D eigenvalue weighted by molar-refractivity contribution is 0.0529. The molecule has 0 unspecified atom stereocenters. The minimum absolute atomic E-state index is 0.0990. The van der Waals surface area contributed by atoms with Crippen LogP contribution in [0, 0.1) is 5.82 Å². The Morgan fingerprint density at radius 1 is 1.16 bits per heavy atom. The normalized spacial score (nSPS) is 10.8. The summed E-state index contributed by atoms with van der Waals surface area (Å²) in [5.41, 5.74) is 1.40. The van der Waals surface area contributed by atoms with E-state index in [1.54, 1.807) is 23.9 Å². The highest BCUT2D eigenvalue weighted by molar-refractivity contribution is 7.15. The van der Waals surface area contributed by atoms with Gasteiger partial charge in [-0.3, -0.25) is 9.59 Å². The van der Waals surface area contributed by atoms with Crippen molar-refractivity contribution in [1.29, 1.82) is 0 Å². The Kier molecular flexibility index (Phi) is 5.87. The van der Waals surface area contributed by atoms with E-state index in [1.807, 2.05) is 30.3 Å². The molecule has 4 rings (SSSR count). The Morgan fingerprint density at radius 3 is 2.62 bits per heavy atom. The van der Waals surface area contributed by atoms with Crippen LogP contribution < -0.4 is 10.7 Å². The molecule has 32 heavy (non-hydrogen) atoms. The number of hydrogen-bond donors (Lipinski definition) is 1. The first-order valence-corrected chi connectivity index (χ1v) is 10.7. The molecule has 0 spiro atoms. The lowest BCUT2D eigenvalue weighted by atomic mass is 10.0. The highest BCUT2D eigenvalue weighted by atomic mass is 32.1. The van der Waals surface area contributed by atoms with Crippen LogP contribution in [0.4, 0.5) is 9.39 Å². The molecule has 2 heterocycles. The highest BCUT2D eigenvalue weighted by Crippen LogP contribution is 2.36. The summed E-state index contributed by atoms with van der Waals surface area (Å²) in [4.78, 5) is 38.6. The predicted molar refractivity (Wildman–Crippen MR) is 123 cm³/mol. The lowest BCUT2D eigenvalue weighted by Crippen LogP contribution is -2.24. The number of pyridine rings is 1.